The molecule has 0 fully saturated rings. The minimum absolute atomic E-state index is 0.0277. The molecule has 0 spiro atoms. The van der Waals surface area contributed by atoms with Crippen molar-refractivity contribution in [1.29, 1.82) is 5.53 Å². The Bertz CT molecular complexity index is 914. The summed E-state index contributed by atoms with van der Waals surface area (Å²) in [6.45, 7) is 1.48. The van der Waals surface area contributed by atoms with E-state index >= 15 is 0 Å². The van der Waals surface area contributed by atoms with Gasteiger partial charge in [-0.05, 0) is 36.1 Å². The highest BCUT2D eigenvalue weighted by Gasteiger charge is 2.13. The van der Waals surface area contributed by atoms with E-state index in [1.165, 1.54) is 25.1 Å². The number of nitrogens with zero attached hydrogens (tertiary/aromatic N) is 1. The lowest BCUT2D eigenvalue weighted by molar-refractivity contribution is 0.0696. The predicted octanol–water partition coefficient (Wildman–Crippen LogP) is 4.89. The molecule has 0 amide bonds. The van der Waals surface area contributed by atoms with Crippen LogP contribution < -0.4 is 0 Å². The average molecular weight is 336 g/mol. The minimum atomic E-state index is -1.11. The van der Waals surface area contributed by atoms with Crippen molar-refractivity contribution in [1.82, 2.24) is 0 Å². The Balaban J connectivity index is 0.000000181. The number of carboxylic acids is 2. The zero-order valence-electron chi connectivity index (χ0n) is 13.4. The van der Waals surface area contributed by atoms with Gasteiger partial charge in [0.05, 0.1) is 16.8 Å². The monoisotopic (exact) mass is 336 g/mol. The van der Waals surface area contributed by atoms with Crippen LogP contribution in [0.25, 0.3) is 10.8 Å². The number of nitrogens with one attached hydrogen (secondary N) is 1. The molecule has 6 heteroatoms. The molecule has 3 N–H and O–H groups in total. The van der Waals surface area contributed by atoms with Crippen LogP contribution in [0, 0.1) is 12.5 Å². The van der Waals surface area contributed by atoms with Gasteiger partial charge >= 0.3 is 11.9 Å². The first-order chi connectivity index (χ1) is 12.0. The summed E-state index contributed by atoms with van der Waals surface area (Å²) >= 11 is 0. The summed E-state index contributed by atoms with van der Waals surface area (Å²) in [7, 11) is 0. The van der Waals surface area contributed by atoms with Crippen molar-refractivity contribution in [3.05, 3.63) is 77.4 Å². The van der Waals surface area contributed by atoms with Crippen molar-refractivity contribution in [2.24, 2.45) is 5.11 Å². The summed E-state index contributed by atoms with van der Waals surface area (Å²) in [6, 6.07) is 17.9. The highest BCUT2D eigenvalue weighted by Crippen LogP contribution is 2.24. The van der Waals surface area contributed by atoms with Gasteiger partial charge in [-0.3, -0.25) is 0 Å². The summed E-state index contributed by atoms with van der Waals surface area (Å²) in [4.78, 5) is 21.2. The summed E-state index contributed by atoms with van der Waals surface area (Å²) in [5.74, 6) is -2.22. The Kier molecular flexibility index (Phi) is 5.58. The fraction of sp³-hybridized carbons (Fsp3) is 0.0526. The fourth-order valence-electron chi connectivity index (χ4n) is 2.40. The third-order valence-corrected chi connectivity index (χ3v) is 3.68. The van der Waals surface area contributed by atoms with E-state index in [0.29, 0.717) is 0 Å². The molecule has 6 nitrogen and oxygen atoms in total. The molecule has 0 saturated carbocycles. The van der Waals surface area contributed by atoms with Crippen LogP contribution in [0.3, 0.4) is 0 Å². The summed E-state index contributed by atoms with van der Waals surface area (Å²) in [5, 5.41) is 23.0. The molecule has 126 valence electrons. The quantitative estimate of drug-likeness (QED) is 0.591. The zero-order valence-corrected chi connectivity index (χ0v) is 13.4. The average Bonchev–Trinajstić information content (AvgIpc) is 2.61. The number of hydrogen-bond acceptors (Lipinski definition) is 4. The number of hydrogen-bond donors (Lipinski definition) is 3. The van der Waals surface area contributed by atoms with Crippen molar-refractivity contribution in [2.45, 2.75) is 6.92 Å². The first-order valence-corrected chi connectivity index (χ1v) is 7.37. The topological polar surface area (TPSA) is 111 Å². The van der Waals surface area contributed by atoms with E-state index in [9.17, 15) is 9.59 Å². The van der Waals surface area contributed by atoms with E-state index in [-0.39, 0.29) is 16.7 Å². The second-order valence-electron chi connectivity index (χ2n) is 5.20. The number of fused-ring (bicyclic) bond motifs is 1. The molecule has 0 aliphatic rings. The summed E-state index contributed by atoms with van der Waals surface area (Å²) in [5.41, 5.74) is 8.02. The van der Waals surface area contributed by atoms with Crippen LogP contribution in [0.5, 0.6) is 0 Å². The van der Waals surface area contributed by atoms with E-state index in [1.54, 1.807) is 0 Å². The van der Waals surface area contributed by atoms with Gasteiger partial charge in [-0.1, -0.05) is 42.5 Å². The Hall–Kier alpha value is -3.54. The summed E-state index contributed by atoms with van der Waals surface area (Å²) in [6.07, 6.45) is 0. The van der Waals surface area contributed by atoms with Gasteiger partial charge in [-0.25, -0.2) is 15.1 Å². The number of carboxylic acid groups (broad SMARTS) is 2. The molecule has 3 rings (SSSR count). The van der Waals surface area contributed by atoms with Crippen LogP contribution in [0.2, 0.25) is 0 Å². The normalized spacial score (nSPS) is 9.80. The molecule has 3 aromatic rings. The number of aromatic carboxylic acids is 2. The van der Waals surface area contributed by atoms with Gasteiger partial charge in [0.25, 0.3) is 0 Å². The van der Waals surface area contributed by atoms with Crippen LogP contribution >= 0.6 is 0 Å². The molecule has 0 heterocycles. The molecule has 3 aromatic carbocycles. The SMILES string of the molecule is Cc1c(C(=O)O)cccc1C(=O)O.N=Nc1cccc2ccccc12. The second kappa shape index (κ2) is 7.83. The van der Waals surface area contributed by atoms with E-state index < -0.39 is 11.9 Å². The maximum atomic E-state index is 10.6. The van der Waals surface area contributed by atoms with Crippen LogP contribution in [-0.2, 0) is 0 Å². The first kappa shape index (κ1) is 17.8. The lowest BCUT2D eigenvalue weighted by atomic mass is 10.0. The molecule has 0 saturated heterocycles. The van der Waals surface area contributed by atoms with Crippen molar-refractivity contribution in [3.63, 3.8) is 0 Å². The van der Waals surface area contributed by atoms with Crippen molar-refractivity contribution in [3.8, 4) is 0 Å². The largest absolute Gasteiger partial charge is 0.478 e. The zero-order chi connectivity index (χ0) is 18.4. The predicted molar refractivity (Wildman–Crippen MR) is 93.9 cm³/mol. The number of rotatable bonds is 3. The van der Waals surface area contributed by atoms with Gasteiger partial charge in [0.1, 0.15) is 0 Å². The number of carbonyl (C=O) groups is 2. The molecule has 0 radical (unpaired) electrons. The van der Waals surface area contributed by atoms with Gasteiger partial charge in [-0.15, -0.1) is 0 Å². The van der Waals surface area contributed by atoms with Crippen LogP contribution in [0.1, 0.15) is 26.3 Å². The molecule has 0 atom stereocenters. The fourth-order valence-corrected chi connectivity index (χ4v) is 2.40. The smallest absolute Gasteiger partial charge is 0.335 e. The van der Waals surface area contributed by atoms with E-state index in [0.717, 1.165) is 16.5 Å². The van der Waals surface area contributed by atoms with E-state index in [2.05, 4.69) is 5.11 Å². The van der Waals surface area contributed by atoms with Crippen molar-refractivity contribution < 1.29 is 19.8 Å². The van der Waals surface area contributed by atoms with Crippen LogP contribution in [0.4, 0.5) is 5.69 Å². The minimum Gasteiger partial charge on any atom is -0.478 e. The second-order valence-corrected chi connectivity index (χ2v) is 5.20. The summed E-state index contributed by atoms with van der Waals surface area (Å²) < 4.78 is 0. The Morgan fingerprint density at radius 2 is 1.36 bits per heavy atom. The highest BCUT2D eigenvalue weighted by molar-refractivity contribution is 5.96. The van der Waals surface area contributed by atoms with Gasteiger partial charge in [0.15, 0.2) is 0 Å². The van der Waals surface area contributed by atoms with Crippen LogP contribution in [0.15, 0.2) is 65.8 Å². The van der Waals surface area contributed by atoms with Gasteiger partial charge in [0, 0.05) is 5.39 Å². The maximum absolute atomic E-state index is 10.6. The van der Waals surface area contributed by atoms with Crippen LogP contribution in [-0.4, -0.2) is 22.2 Å². The van der Waals surface area contributed by atoms with E-state index in [1.807, 2.05) is 42.5 Å². The molecular weight excluding hydrogens is 320 g/mol. The molecule has 0 aliphatic carbocycles. The number of benzene rings is 3. The molecule has 0 unspecified atom stereocenters. The Labute approximate surface area is 143 Å². The Morgan fingerprint density at radius 3 is 1.92 bits per heavy atom. The van der Waals surface area contributed by atoms with E-state index in [4.69, 9.17) is 15.7 Å². The third-order valence-electron chi connectivity index (χ3n) is 3.68. The maximum Gasteiger partial charge on any atom is 0.335 e. The Morgan fingerprint density at radius 1 is 0.840 bits per heavy atom. The lowest BCUT2D eigenvalue weighted by Crippen LogP contribution is -2.06. The van der Waals surface area contributed by atoms with Gasteiger partial charge < -0.3 is 10.2 Å². The van der Waals surface area contributed by atoms with Gasteiger partial charge in [0.2, 0.25) is 0 Å². The standard InChI is InChI=1S/C10H8N2.C9H8O4/c11-12-10-7-3-5-8-4-1-2-6-9(8)10;1-5-6(8(10)11)3-2-4-7(5)9(12)13/h1-7,11H;2-4H,1H3,(H,10,11)(H,12,13). The molecule has 0 aromatic heterocycles. The highest BCUT2D eigenvalue weighted by atomic mass is 16.4. The molecule has 0 aliphatic heterocycles. The molecular formula is C19H16N2O4. The first-order valence-electron chi connectivity index (χ1n) is 7.37. The molecule has 25 heavy (non-hydrogen) atoms. The van der Waals surface area contributed by atoms with Gasteiger partial charge in [-0.2, -0.15) is 5.11 Å². The molecule has 0 bridgehead atoms. The lowest BCUT2D eigenvalue weighted by Gasteiger charge is -2.03. The van der Waals surface area contributed by atoms with Crippen molar-refractivity contribution in [2.75, 3.05) is 0 Å². The third kappa shape index (κ3) is 4.06. The van der Waals surface area contributed by atoms with Crippen molar-refractivity contribution >= 4 is 28.4 Å².